The second-order valence-corrected chi connectivity index (χ2v) is 9.48. The van der Waals surface area contributed by atoms with Crippen LogP contribution in [0.25, 0.3) is 0 Å². The topological polar surface area (TPSA) is 0 Å². The first-order valence-electron chi connectivity index (χ1n) is 2.32. The highest BCUT2D eigenvalue weighted by Gasteiger charge is 2.69. The van der Waals surface area contributed by atoms with Gasteiger partial charge in [0.15, 0.2) is 0 Å². The molecule has 0 unspecified atom stereocenters. The summed E-state index contributed by atoms with van der Waals surface area (Å²) in [7, 11) is 0. The van der Waals surface area contributed by atoms with E-state index in [-0.39, 0.29) is 0 Å². The Kier molecular flexibility index (Phi) is 2.85. The van der Waals surface area contributed by atoms with Crippen LogP contribution in [0.15, 0.2) is 0 Å². The van der Waals surface area contributed by atoms with Gasteiger partial charge in [-0.3, -0.25) is 0 Å². The number of hydrogen-bond acceptors (Lipinski definition) is 0. The van der Waals surface area contributed by atoms with E-state index in [4.69, 9.17) is 22.2 Å². The summed E-state index contributed by atoms with van der Waals surface area (Å²) in [4.78, 5) is 0. The highest BCUT2D eigenvalue weighted by atomic mass is 35.7. The predicted molar refractivity (Wildman–Crippen MR) is 34.3 cm³/mol. The van der Waals surface area contributed by atoms with E-state index < -0.39 is 18.4 Å². The first-order chi connectivity index (χ1) is 4.50. The van der Waals surface area contributed by atoms with E-state index in [1.807, 2.05) is 0 Å². The van der Waals surface area contributed by atoms with Gasteiger partial charge in [-0.05, 0) is 6.55 Å². The Hall–Kier alpha value is 0.447. The summed E-state index contributed by atoms with van der Waals surface area (Å²) in [5, 5.41) is 0. The molecule has 11 heavy (non-hydrogen) atoms. The maximum absolute atomic E-state index is 12.1. The zero-order chi connectivity index (χ0) is 9.50. The average Bonchev–Trinajstić information content (AvgIpc) is 1.58. The fourth-order valence-corrected chi connectivity index (χ4v) is 1.39. The summed E-state index contributed by atoms with van der Waals surface area (Å²) < 4.78 is 58.6. The molecule has 0 saturated heterocycles. The highest BCUT2D eigenvalue weighted by molar-refractivity contribution is 7.45. The van der Waals surface area contributed by atoms with E-state index >= 15 is 0 Å². The molecule has 0 heterocycles. The summed E-state index contributed by atoms with van der Waals surface area (Å²) in [6.07, 6.45) is -5.66. The van der Waals surface area contributed by atoms with Crippen molar-refractivity contribution in [3.8, 4) is 0 Å². The summed E-state index contributed by atoms with van der Waals surface area (Å²) in [5.74, 6) is 0. The lowest BCUT2D eigenvalue weighted by Gasteiger charge is -2.25. The third-order valence-electron chi connectivity index (χ3n) is 0.907. The van der Waals surface area contributed by atoms with Gasteiger partial charge in [0.1, 0.15) is 0 Å². The summed E-state index contributed by atoms with van der Waals surface area (Å²) in [6, 6.07) is 0. The number of alkyl halides is 5. The smallest absolute Gasteiger partial charge is 0.198 e. The first kappa shape index (κ1) is 11.4. The zero-order valence-electron chi connectivity index (χ0n) is 5.15. The van der Waals surface area contributed by atoms with Gasteiger partial charge in [-0.1, -0.05) is 0 Å². The maximum Gasteiger partial charge on any atom is 0.451 e. The second kappa shape index (κ2) is 2.74. The first-order valence-corrected chi connectivity index (χ1v) is 6.85. The molecule has 0 atom stereocenters. The molecule has 0 spiro atoms. The van der Waals surface area contributed by atoms with Crippen LogP contribution in [-0.4, -0.2) is 18.4 Å². The van der Waals surface area contributed by atoms with Gasteiger partial charge in [0.25, 0.3) is 0 Å². The van der Waals surface area contributed by atoms with Gasteiger partial charge in [0.2, 0.25) is 0 Å². The standard InChI is InChI=1S/C3H3Cl2F5Si/c1-11(4,5)3(9,10)2(6,7)8/h1H3. The normalized spacial score (nSPS) is 15.3. The van der Waals surface area contributed by atoms with Crippen molar-refractivity contribution in [2.45, 2.75) is 18.3 Å². The van der Waals surface area contributed by atoms with Crippen LogP contribution in [0.4, 0.5) is 22.0 Å². The molecule has 0 fully saturated rings. The van der Waals surface area contributed by atoms with Crippen LogP contribution in [0, 0.1) is 0 Å². The fraction of sp³-hybridized carbons (Fsp3) is 1.00. The molecule has 0 bridgehead atoms. The van der Waals surface area contributed by atoms with Gasteiger partial charge in [0.05, 0.1) is 0 Å². The molecule has 0 nitrogen and oxygen atoms in total. The maximum atomic E-state index is 12.1. The van der Waals surface area contributed by atoms with Crippen molar-refractivity contribution >= 4 is 28.9 Å². The Morgan fingerprint density at radius 2 is 1.27 bits per heavy atom. The molecule has 0 saturated carbocycles. The Morgan fingerprint density at radius 1 is 1.00 bits per heavy atom. The molecular formula is C3H3Cl2F5Si. The Balaban J connectivity index is 4.75. The molecule has 0 rings (SSSR count). The molecule has 0 aromatic rings. The molecule has 0 radical (unpaired) electrons. The van der Waals surface area contributed by atoms with Crippen molar-refractivity contribution in [2.75, 3.05) is 0 Å². The van der Waals surface area contributed by atoms with Crippen LogP contribution in [0.3, 0.4) is 0 Å². The van der Waals surface area contributed by atoms with Crippen molar-refractivity contribution in [1.82, 2.24) is 0 Å². The highest BCUT2D eigenvalue weighted by Crippen LogP contribution is 2.45. The van der Waals surface area contributed by atoms with Crippen molar-refractivity contribution in [3.63, 3.8) is 0 Å². The van der Waals surface area contributed by atoms with Crippen LogP contribution < -0.4 is 0 Å². The molecule has 0 aliphatic carbocycles. The number of rotatable bonds is 1. The fourth-order valence-electron chi connectivity index (χ4n) is 0.249. The monoisotopic (exact) mass is 232 g/mol. The third kappa shape index (κ3) is 2.19. The molecular weight excluding hydrogens is 230 g/mol. The lowest BCUT2D eigenvalue weighted by Crippen LogP contribution is -2.52. The van der Waals surface area contributed by atoms with Gasteiger partial charge in [-0.25, -0.2) is 0 Å². The number of halogens is 7. The quantitative estimate of drug-likeness (QED) is 0.370. The van der Waals surface area contributed by atoms with Gasteiger partial charge < -0.3 is 0 Å². The molecule has 68 valence electrons. The van der Waals surface area contributed by atoms with Gasteiger partial charge >= 0.3 is 18.4 Å². The molecule has 0 aliphatic heterocycles. The number of hydrogen-bond donors (Lipinski definition) is 0. The lowest BCUT2D eigenvalue weighted by atomic mass is 10.7. The molecule has 8 heteroatoms. The van der Waals surface area contributed by atoms with E-state index in [1.54, 1.807) is 0 Å². The average molecular weight is 233 g/mol. The van der Waals surface area contributed by atoms with Crippen LogP contribution in [0.2, 0.25) is 6.55 Å². The van der Waals surface area contributed by atoms with Crippen LogP contribution in [0.5, 0.6) is 0 Å². The SMILES string of the molecule is C[Si](Cl)(Cl)C(F)(F)C(F)(F)F. The summed E-state index contributed by atoms with van der Waals surface area (Å²) >= 11 is 9.49. The lowest BCUT2D eigenvalue weighted by molar-refractivity contribution is -0.245. The van der Waals surface area contributed by atoms with Crippen molar-refractivity contribution in [2.24, 2.45) is 0 Å². The van der Waals surface area contributed by atoms with Gasteiger partial charge in [-0.15, -0.1) is 22.2 Å². The molecule has 0 amide bonds. The van der Waals surface area contributed by atoms with Crippen molar-refractivity contribution in [3.05, 3.63) is 0 Å². The predicted octanol–water partition coefficient (Wildman–Crippen LogP) is 3.27. The minimum atomic E-state index is -5.66. The van der Waals surface area contributed by atoms with Gasteiger partial charge in [-0.2, -0.15) is 22.0 Å². The Morgan fingerprint density at radius 3 is 1.27 bits per heavy atom. The zero-order valence-corrected chi connectivity index (χ0v) is 7.66. The van der Waals surface area contributed by atoms with Crippen molar-refractivity contribution < 1.29 is 22.0 Å². The third-order valence-corrected chi connectivity index (χ3v) is 3.72. The summed E-state index contributed by atoms with van der Waals surface area (Å²) in [6.45, 7) is -4.02. The van der Waals surface area contributed by atoms with Crippen molar-refractivity contribution in [1.29, 1.82) is 0 Å². The van der Waals surface area contributed by atoms with Crippen LogP contribution in [-0.2, 0) is 0 Å². The van der Waals surface area contributed by atoms with E-state index in [0.29, 0.717) is 6.55 Å². The van der Waals surface area contributed by atoms with E-state index in [1.165, 1.54) is 0 Å². The van der Waals surface area contributed by atoms with E-state index in [0.717, 1.165) is 0 Å². The molecule has 0 N–H and O–H groups in total. The second-order valence-electron chi connectivity index (χ2n) is 1.96. The van der Waals surface area contributed by atoms with E-state index in [9.17, 15) is 22.0 Å². The molecule has 0 aliphatic rings. The minimum Gasteiger partial charge on any atom is -0.198 e. The molecule has 0 aromatic heterocycles. The van der Waals surface area contributed by atoms with Crippen LogP contribution in [0.1, 0.15) is 0 Å². The Labute approximate surface area is 69.7 Å². The largest absolute Gasteiger partial charge is 0.451 e. The minimum absolute atomic E-state index is 0.517. The summed E-state index contributed by atoms with van der Waals surface area (Å²) in [5.41, 5.74) is -4.96. The van der Waals surface area contributed by atoms with Gasteiger partial charge in [0, 0.05) is 0 Å². The van der Waals surface area contributed by atoms with E-state index in [2.05, 4.69) is 0 Å². The van der Waals surface area contributed by atoms with Crippen LogP contribution >= 0.6 is 22.2 Å². The Bertz CT molecular complexity index is 131. The molecule has 0 aromatic carbocycles.